The first kappa shape index (κ1) is 52.5. The van der Waals surface area contributed by atoms with Crippen LogP contribution in [0.25, 0.3) is 10.8 Å². The van der Waals surface area contributed by atoms with Crippen LogP contribution in [0.5, 0.6) is 23.0 Å². The number of aromatic hydroxyl groups is 3. The van der Waals surface area contributed by atoms with E-state index in [0.29, 0.717) is 13.1 Å². The third-order valence-corrected chi connectivity index (χ3v) is 12.9. The Kier molecular flexibility index (Phi) is 18.9. The third-order valence-electron chi connectivity index (χ3n) is 12.9. The number of methoxy groups -OCH3 is 1. The maximum atomic E-state index is 14.6. The smallest absolute Gasteiger partial charge is 0.312 e. The number of hydrogen-bond acceptors (Lipinski definition) is 14. The number of fused-ring (bicyclic) bond motifs is 14. The zero-order valence-corrected chi connectivity index (χ0v) is 40.1. The van der Waals surface area contributed by atoms with Crippen LogP contribution in [0.15, 0.2) is 41.2 Å². The SMILES string of the molecule is CCCCCCN(CCCCCC)N=Cc1c2c(O)c3c(O)c(C)c4c(c3c1O)C(=O)[C@@](C)(OC=C[C@H](OC)[C@H](C)[C@H](OC(C)=O)[C@H](C)[C@H](O)[C@H](C)[C@H](O)[C@H](C)C=CC=C(C)C(=O)N2)O4. The lowest BCUT2D eigenvalue weighted by molar-refractivity contribution is -0.160. The van der Waals surface area contributed by atoms with E-state index in [0.717, 1.165) is 51.4 Å². The number of nitrogens with one attached hydrogen (secondary N) is 1. The minimum Gasteiger partial charge on any atom is -0.507 e. The number of allylic oxidation sites excluding steroid dienone is 2. The lowest BCUT2D eigenvalue weighted by atomic mass is 9.78. The summed E-state index contributed by atoms with van der Waals surface area (Å²) in [5.41, 5.74) is -0.286. The summed E-state index contributed by atoms with van der Waals surface area (Å²) in [5.74, 6) is -8.29. The van der Waals surface area contributed by atoms with Crippen molar-refractivity contribution in [1.29, 1.82) is 0 Å². The van der Waals surface area contributed by atoms with Gasteiger partial charge in [-0.15, -0.1) is 0 Å². The summed E-state index contributed by atoms with van der Waals surface area (Å²) >= 11 is 0. The number of rotatable bonds is 14. The van der Waals surface area contributed by atoms with Crippen LogP contribution >= 0.6 is 0 Å². The number of esters is 1. The molecule has 0 aromatic heterocycles. The zero-order valence-electron chi connectivity index (χ0n) is 40.1. The lowest BCUT2D eigenvalue weighted by Crippen LogP contribution is -2.46. The number of carbonyl (C=O) groups is 3. The fourth-order valence-corrected chi connectivity index (χ4v) is 8.68. The van der Waals surface area contributed by atoms with Gasteiger partial charge in [0.25, 0.3) is 11.7 Å². The molecule has 360 valence electrons. The molecule has 0 aliphatic carbocycles. The topological polar surface area (TPSA) is 217 Å². The first-order valence-electron chi connectivity index (χ1n) is 23.1. The Morgan fingerprint density at radius 2 is 1.51 bits per heavy atom. The van der Waals surface area contributed by atoms with Gasteiger partial charge in [-0.3, -0.25) is 19.4 Å². The van der Waals surface area contributed by atoms with Gasteiger partial charge in [0.2, 0.25) is 0 Å². The fourth-order valence-electron chi connectivity index (χ4n) is 8.68. The highest BCUT2D eigenvalue weighted by atomic mass is 16.7. The number of hydrogen-bond donors (Lipinski definition) is 6. The molecule has 6 N–H and O–H groups in total. The summed E-state index contributed by atoms with van der Waals surface area (Å²) in [6.45, 7) is 18.1. The van der Waals surface area contributed by atoms with Gasteiger partial charge in [0.15, 0.2) is 5.75 Å². The summed E-state index contributed by atoms with van der Waals surface area (Å²) in [6, 6.07) is 0. The van der Waals surface area contributed by atoms with Crippen LogP contribution in [0.3, 0.4) is 0 Å². The molecule has 3 aliphatic heterocycles. The van der Waals surface area contributed by atoms with E-state index in [1.807, 2.05) is 5.01 Å². The van der Waals surface area contributed by atoms with Crippen molar-refractivity contribution in [2.45, 2.75) is 151 Å². The number of ketones is 1. The number of phenolic OH excluding ortho intramolecular Hbond substituents is 3. The zero-order chi connectivity index (χ0) is 48.3. The number of ether oxygens (including phenoxy) is 4. The average Bonchev–Trinajstić information content (AvgIpc) is 3.54. The largest absolute Gasteiger partial charge is 0.507 e. The Labute approximate surface area is 384 Å². The van der Waals surface area contributed by atoms with Crippen LogP contribution in [-0.4, -0.2) is 105 Å². The monoisotopic (exact) mass is 908 g/mol. The molecule has 0 unspecified atom stereocenters. The van der Waals surface area contributed by atoms with Crippen molar-refractivity contribution in [3.05, 3.63) is 52.8 Å². The maximum Gasteiger partial charge on any atom is 0.312 e. The molecule has 2 aromatic rings. The predicted molar refractivity (Wildman–Crippen MR) is 251 cm³/mol. The highest BCUT2D eigenvalue weighted by molar-refractivity contribution is 6.23. The van der Waals surface area contributed by atoms with Crippen LogP contribution in [-0.2, 0) is 23.8 Å². The summed E-state index contributed by atoms with van der Waals surface area (Å²) < 4.78 is 23.8. The Morgan fingerprint density at radius 1 is 0.877 bits per heavy atom. The summed E-state index contributed by atoms with van der Waals surface area (Å²) in [5, 5.41) is 68.0. The predicted octanol–water partition coefficient (Wildman–Crippen LogP) is 8.55. The highest BCUT2D eigenvalue weighted by Crippen LogP contribution is 2.55. The number of carbonyl (C=O) groups excluding carboxylic acids is 3. The van der Waals surface area contributed by atoms with Crippen molar-refractivity contribution in [2.75, 3.05) is 25.5 Å². The van der Waals surface area contributed by atoms with Crippen LogP contribution in [0.1, 0.15) is 135 Å². The number of aliphatic hydroxyl groups excluding tert-OH is 2. The van der Waals surface area contributed by atoms with Gasteiger partial charge in [-0.25, -0.2) is 0 Å². The second-order valence-electron chi connectivity index (χ2n) is 17.9. The van der Waals surface area contributed by atoms with E-state index in [2.05, 4.69) is 19.2 Å². The number of anilines is 1. The van der Waals surface area contributed by atoms with E-state index < -0.39 is 88.8 Å². The van der Waals surface area contributed by atoms with E-state index >= 15 is 0 Å². The molecule has 3 heterocycles. The molecule has 0 fully saturated rings. The second-order valence-corrected chi connectivity index (χ2v) is 17.9. The van der Waals surface area contributed by atoms with Crippen molar-refractivity contribution < 1.29 is 58.9 Å². The molecule has 15 nitrogen and oxygen atoms in total. The number of hydrazone groups is 1. The number of nitrogens with zero attached hydrogens (tertiary/aromatic N) is 2. The van der Waals surface area contributed by atoms with Gasteiger partial charge in [-0.05, 0) is 32.8 Å². The van der Waals surface area contributed by atoms with Gasteiger partial charge < -0.3 is 49.8 Å². The number of amides is 1. The molecule has 0 radical (unpaired) electrons. The quantitative estimate of drug-likeness (QED) is 0.0262. The summed E-state index contributed by atoms with van der Waals surface area (Å²) in [7, 11) is 1.45. The van der Waals surface area contributed by atoms with Gasteiger partial charge in [-0.2, -0.15) is 5.10 Å². The Bertz CT molecular complexity index is 2120. The van der Waals surface area contributed by atoms with Gasteiger partial charge >= 0.3 is 11.8 Å². The van der Waals surface area contributed by atoms with E-state index in [9.17, 15) is 39.9 Å². The maximum absolute atomic E-state index is 14.6. The first-order chi connectivity index (χ1) is 30.8. The molecule has 0 saturated carbocycles. The molecule has 5 bridgehead atoms. The molecule has 0 spiro atoms. The summed E-state index contributed by atoms with van der Waals surface area (Å²) in [4.78, 5) is 40.9. The van der Waals surface area contributed by atoms with Gasteiger partial charge in [0.1, 0.15) is 23.4 Å². The first-order valence-corrected chi connectivity index (χ1v) is 23.1. The molecule has 1 amide bonds. The van der Waals surface area contributed by atoms with Crippen LogP contribution in [0.4, 0.5) is 5.69 Å². The molecule has 15 heteroatoms. The van der Waals surface area contributed by atoms with Gasteiger partial charge in [0, 0.05) is 74.2 Å². The van der Waals surface area contributed by atoms with Crippen LogP contribution < -0.4 is 10.1 Å². The minimum absolute atomic E-state index is 0.0633. The van der Waals surface area contributed by atoms with Crippen molar-refractivity contribution in [1.82, 2.24) is 5.01 Å². The summed E-state index contributed by atoms with van der Waals surface area (Å²) in [6.07, 6.45) is 13.0. The number of benzene rings is 2. The lowest BCUT2D eigenvalue weighted by Gasteiger charge is -2.38. The number of phenols is 3. The molecule has 0 saturated heterocycles. The molecule has 9 atom stereocenters. The molecular formula is C50H73N3O12. The molecular weight excluding hydrogens is 835 g/mol. The minimum atomic E-state index is -2.05. The van der Waals surface area contributed by atoms with Crippen molar-refractivity contribution in [2.24, 2.45) is 28.8 Å². The van der Waals surface area contributed by atoms with Gasteiger partial charge in [-0.1, -0.05) is 98.3 Å². The Morgan fingerprint density at radius 3 is 2.09 bits per heavy atom. The second kappa shape index (κ2) is 23.4. The van der Waals surface area contributed by atoms with Crippen molar-refractivity contribution in [3.8, 4) is 23.0 Å². The normalized spacial score (nSPS) is 26.6. The molecule has 2 aromatic carbocycles. The third kappa shape index (κ3) is 12.0. The standard InChI is InChI=1S/C50H73N3O12/c1-12-14-16-18-24-53(25-19-17-15-13-2)51-27-35-40-45(59)38-37(44(35)58)39-47(33(8)43(38)57)65-50(10,48(39)60)63-26-23-36(62-11)30(5)46(64-34(9)54)32(7)42(56)31(6)41(55)28(3)21-20-22-29(4)49(61)52-40/h20-23,26-28,30-32,36,41-42,46,55-59H,12-19,24-25H2,1-11H3,(H,52,61)/t28-,30+,31-,32-,36+,41-,42-,46+,50+/m1/s1. The molecule has 5 rings (SSSR count). The number of Topliss-reactive ketones (excluding diaryl/α,β-unsaturated/α-hetero) is 1. The number of aliphatic hydroxyl groups is 2. The van der Waals surface area contributed by atoms with Crippen molar-refractivity contribution in [3.63, 3.8) is 0 Å². The number of unbranched alkanes of at least 4 members (excludes halogenated alkanes) is 6. The van der Waals surface area contributed by atoms with E-state index in [4.69, 9.17) is 24.0 Å². The highest BCUT2D eigenvalue weighted by Gasteiger charge is 2.50. The fraction of sp³-hybridized carbons (Fsp3) is 0.600. The molecule has 3 aliphatic rings. The van der Waals surface area contributed by atoms with E-state index in [1.54, 1.807) is 46.8 Å². The Hall–Kier alpha value is -5.12. The van der Waals surface area contributed by atoms with Crippen LogP contribution in [0.2, 0.25) is 0 Å². The Balaban J connectivity index is 1.97. The van der Waals surface area contributed by atoms with E-state index in [1.165, 1.54) is 52.5 Å². The molecule has 65 heavy (non-hydrogen) atoms. The van der Waals surface area contributed by atoms with Gasteiger partial charge in [0.05, 0.1) is 53.0 Å². The average molecular weight is 908 g/mol. The van der Waals surface area contributed by atoms with Crippen molar-refractivity contribution >= 4 is 40.3 Å². The van der Waals surface area contributed by atoms with E-state index in [-0.39, 0.29) is 44.5 Å². The van der Waals surface area contributed by atoms with Crippen LogP contribution in [0, 0.1) is 30.6 Å².